The van der Waals surface area contributed by atoms with Crippen LogP contribution in [0.2, 0.25) is 0 Å². The predicted molar refractivity (Wildman–Crippen MR) is 104 cm³/mol. The van der Waals surface area contributed by atoms with Crippen molar-refractivity contribution in [2.24, 2.45) is 5.92 Å². The number of rotatable bonds is 7. The Morgan fingerprint density at radius 3 is 2.62 bits per heavy atom. The molecular weight excluding hydrogens is 348 g/mol. The van der Waals surface area contributed by atoms with Crippen molar-refractivity contribution < 1.29 is 13.2 Å². The molecule has 0 spiro atoms. The zero-order valence-electron chi connectivity index (χ0n) is 15.6. The molecule has 6 heteroatoms. The molecule has 1 aromatic carbocycles. The molecule has 3 fully saturated rings. The van der Waals surface area contributed by atoms with E-state index in [9.17, 15) is 13.2 Å². The molecule has 0 N–H and O–H groups in total. The minimum Gasteiger partial charge on any atom is -0.338 e. The Kier molecular flexibility index (Phi) is 6.35. The number of carbonyl (C=O) groups excluding carboxylic acids is 1. The maximum absolute atomic E-state index is 12.5. The number of fused-ring (bicyclic) bond motifs is 4. The Bertz CT molecular complexity index is 705. The number of hydrogen-bond acceptors (Lipinski definition) is 4. The van der Waals surface area contributed by atoms with E-state index in [-0.39, 0.29) is 24.1 Å². The van der Waals surface area contributed by atoms with Crippen LogP contribution in [0.3, 0.4) is 0 Å². The zero-order valence-corrected chi connectivity index (χ0v) is 16.5. The lowest BCUT2D eigenvalue weighted by molar-refractivity contribution is -0.134. The summed E-state index contributed by atoms with van der Waals surface area (Å²) in [6, 6.07) is 10.8. The summed E-state index contributed by atoms with van der Waals surface area (Å²) in [6.07, 6.45) is 5.76. The Morgan fingerprint density at radius 2 is 1.88 bits per heavy atom. The van der Waals surface area contributed by atoms with Crippen LogP contribution in [-0.2, 0) is 21.1 Å². The summed E-state index contributed by atoms with van der Waals surface area (Å²) in [5.41, 5.74) is 1.38. The summed E-state index contributed by atoms with van der Waals surface area (Å²) < 4.78 is 22.7. The normalized spacial score (nSPS) is 23.8. The number of nitrogens with zero attached hydrogens (tertiary/aromatic N) is 2. The number of amides is 1. The van der Waals surface area contributed by atoms with E-state index in [1.165, 1.54) is 18.2 Å². The van der Waals surface area contributed by atoms with Gasteiger partial charge in [0.2, 0.25) is 5.91 Å². The molecular formula is C20H30N2O3S. The number of benzene rings is 1. The molecule has 26 heavy (non-hydrogen) atoms. The van der Waals surface area contributed by atoms with Gasteiger partial charge in [0.1, 0.15) is 9.84 Å². The molecule has 2 atom stereocenters. The third-order valence-electron chi connectivity index (χ3n) is 5.58. The van der Waals surface area contributed by atoms with E-state index in [4.69, 9.17) is 0 Å². The second kappa shape index (κ2) is 8.53. The van der Waals surface area contributed by atoms with Crippen molar-refractivity contribution in [3.63, 3.8) is 0 Å². The lowest BCUT2D eigenvalue weighted by Gasteiger charge is -2.36. The van der Waals surface area contributed by atoms with Crippen molar-refractivity contribution in [3.8, 4) is 0 Å². The van der Waals surface area contributed by atoms with Gasteiger partial charge in [-0.15, -0.1) is 0 Å². The molecule has 0 aliphatic carbocycles. The SMILES string of the molecule is CS(=O)(=O)CCC(=O)N1C[C@H]2CC[C@@H]1CN(CCCc1ccccc1)C2. The van der Waals surface area contributed by atoms with Crippen LogP contribution in [0.25, 0.3) is 0 Å². The van der Waals surface area contributed by atoms with Gasteiger partial charge >= 0.3 is 0 Å². The topological polar surface area (TPSA) is 57.7 Å². The number of hydrogen-bond donors (Lipinski definition) is 0. The van der Waals surface area contributed by atoms with Crippen molar-refractivity contribution in [1.29, 1.82) is 0 Å². The average molecular weight is 379 g/mol. The fraction of sp³-hybridized carbons (Fsp3) is 0.650. The third-order valence-corrected chi connectivity index (χ3v) is 6.52. The first-order valence-corrected chi connectivity index (χ1v) is 11.7. The molecule has 144 valence electrons. The molecule has 3 heterocycles. The van der Waals surface area contributed by atoms with Gasteiger partial charge in [-0.3, -0.25) is 4.79 Å². The van der Waals surface area contributed by atoms with Crippen molar-refractivity contribution in [2.45, 2.75) is 38.1 Å². The molecule has 0 unspecified atom stereocenters. The number of carbonyl (C=O) groups is 1. The van der Waals surface area contributed by atoms with Gasteiger partial charge in [-0.25, -0.2) is 8.42 Å². The summed E-state index contributed by atoms with van der Waals surface area (Å²) in [7, 11) is -3.09. The molecule has 0 radical (unpaired) electrons. The van der Waals surface area contributed by atoms with E-state index in [0.717, 1.165) is 45.4 Å². The van der Waals surface area contributed by atoms with Gasteiger partial charge in [-0.2, -0.15) is 0 Å². The summed E-state index contributed by atoms with van der Waals surface area (Å²) in [5.74, 6) is 0.490. The molecule has 4 rings (SSSR count). The van der Waals surface area contributed by atoms with Crippen molar-refractivity contribution >= 4 is 15.7 Å². The van der Waals surface area contributed by atoms with Gasteiger partial charge in [0, 0.05) is 38.4 Å². The number of piperidine rings is 1. The molecule has 1 amide bonds. The molecule has 3 aliphatic rings. The van der Waals surface area contributed by atoms with Gasteiger partial charge < -0.3 is 9.80 Å². The van der Waals surface area contributed by atoms with Gasteiger partial charge in [0.05, 0.1) is 5.75 Å². The summed E-state index contributed by atoms with van der Waals surface area (Å²) in [4.78, 5) is 17.0. The van der Waals surface area contributed by atoms with E-state index in [0.29, 0.717) is 5.92 Å². The van der Waals surface area contributed by atoms with Gasteiger partial charge in [-0.1, -0.05) is 30.3 Å². The minimum absolute atomic E-state index is 0.0104. The summed E-state index contributed by atoms with van der Waals surface area (Å²) in [6.45, 7) is 3.84. The van der Waals surface area contributed by atoms with E-state index in [2.05, 4.69) is 29.2 Å². The standard InChI is InChI=1S/C20H30N2O3S/c1-26(24,25)13-11-20(23)22-15-18-9-10-19(22)16-21(14-18)12-5-8-17-6-3-2-4-7-17/h2-4,6-7,18-19H,5,8-16H2,1H3/t18-,19+/m0/s1. The Hall–Kier alpha value is -1.40. The van der Waals surface area contributed by atoms with Crippen LogP contribution in [0.15, 0.2) is 30.3 Å². The highest BCUT2D eigenvalue weighted by Crippen LogP contribution is 2.28. The molecule has 1 aromatic rings. The van der Waals surface area contributed by atoms with Crippen molar-refractivity contribution in [1.82, 2.24) is 9.80 Å². The molecule has 5 nitrogen and oxygen atoms in total. The van der Waals surface area contributed by atoms with Crippen molar-refractivity contribution in [3.05, 3.63) is 35.9 Å². The maximum Gasteiger partial charge on any atom is 0.223 e. The second-order valence-electron chi connectivity index (χ2n) is 7.87. The molecule has 2 bridgehead atoms. The average Bonchev–Trinajstić information content (AvgIpc) is 2.91. The predicted octanol–water partition coefficient (Wildman–Crippen LogP) is 1.98. The van der Waals surface area contributed by atoms with Crippen LogP contribution in [-0.4, -0.2) is 68.4 Å². The van der Waals surface area contributed by atoms with Crippen LogP contribution in [0.4, 0.5) is 0 Å². The number of aryl methyl sites for hydroxylation is 1. The van der Waals surface area contributed by atoms with Crippen molar-refractivity contribution in [2.75, 3.05) is 38.2 Å². The fourth-order valence-corrected chi connectivity index (χ4v) is 4.78. The van der Waals surface area contributed by atoms with Gasteiger partial charge in [0.25, 0.3) is 0 Å². The smallest absolute Gasteiger partial charge is 0.223 e. The van der Waals surface area contributed by atoms with Crippen LogP contribution in [0, 0.1) is 5.92 Å². The van der Waals surface area contributed by atoms with E-state index in [1.54, 1.807) is 0 Å². The molecule has 3 saturated heterocycles. The maximum atomic E-state index is 12.5. The Labute approximate surface area is 157 Å². The van der Waals surface area contributed by atoms with E-state index < -0.39 is 9.84 Å². The first-order valence-electron chi connectivity index (χ1n) is 9.64. The summed E-state index contributed by atoms with van der Waals surface area (Å²) in [5, 5.41) is 0. The molecule has 0 aromatic heterocycles. The molecule has 3 aliphatic heterocycles. The second-order valence-corrected chi connectivity index (χ2v) is 10.1. The third kappa shape index (κ3) is 5.55. The van der Waals surface area contributed by atoms with Crippen LogP contribution >= 0.6 is 0 Å². The Balaban J connectivity index is 1.51. The lowest BCUT2D eigenvalue weighted by Crippen LogP contribution is -2.47. The van der Waals surface area contributed by atoms with Crippen LogP contribution < -0.4 is 0 Å². The van der Waals surface area contributed by atoms with Crippen LogP contribution in [0.5, 0.6) is 0 Å². The highest BCUT2D eigenvalue weighted by Gasteiger charge is 2.36. The zero-order chi connectivity index (χ0) is 18.6. The first-order chi connectivity index (χ1) is 12.4. The first kappa shape index (κ1) is 19.4. The molecule has 0 saturated carbocycles. The van der Waals surface area contributed by atoms with Gasteiger partial charge in [-0.05, 0) is 43.7 Å². The highest BCUT2D eigenvalue weighted by molar-refractivity contribution is 7.90. The van der Waals surface area contributed by atoms with E-state index in [1.807, 2.05) is 11.0 Å². The largest absolute Gasteiger partial charge is 0.338 e. The monoisotopic (exact) mass is 378 g/mol. The highest BCUT2D eigenvalue weighted by atomic mass is 32.2. The number of sulfone groups is 1. The summed E-state index contributed by atoms with van der Waals surface area (Å²) >= 11 is 0. The van der Waals surface area contributed by atoms with Gasteiger partial charge in [0.15, 0.2) is 0 Å². The quantitative estimate of drug-likeness (QED) is 0.728. The minimum atomic E-state index is -3.09. The van der Waals surface area contributed by atoms with Crippen LogP contribution in [0.1, 0.15) is 31.2 Å². The fourth-order valence-electron chi connectivity index (χ4n) is 4.23. The lowest BCUT2D eigenvalue weighted by atomic mass is 9.95. The Morgan fingerprint density at radius 1 is 1.12 bits per heavy atom. The van der Waals surface area contributed by atoms with E-state index >= 15 is 0 Å².